The summed E-state index contributed by atoms with van der Waals surface area (Å²) in [6.45, 7) is 0. The summed E-state index contributed by atoms with van der Waals surface area (Å²) < 4.78 is 1.07. The topological polar surface area (TPSA) is 12.9 Å². The third-order valence-electron chi connectivity index (χ3n) is 5.41. The largest absolute Gasteiger partial charge is 0.213 e. The zero-order chi connectivity index (χ0) is 20.4. The van der Waals surface area contributed by atoms with E-state index in [9.17, 15) is 0 Å². The van der Waals surface area contributed by atoms with Crippen LogP contribution in [0.15, 0.2) is 126 Å². The smallest absolute Gasteiger partial charge is 0.198 e. The fourth-order valence-electron chi connectivity index (χ4n) is 4.07. The minimum atomic E-state index is -2.14. The number of pyridine rings is 1. The van der Waals surface area contributed by atoms with Crippen molar-refractivity contribution in [2.45, 2.75) is 0 Å². The second kappa shape index (κ2) is 8.14. The number of aromatic nitrogens is 1. The molecule has 1 heterocycles. The third-order valence-corrected chi connectivity index (χ3v) is 10.1. The molecular weight excluding hydrogens is 449 g/mol. The maximum Gasteiger partial charge on any atom is 0.198 e. The van der Waals surface area contributed by atoms with Crippen molar-refractivity contribution >= 4 is 55.4 Å². The number of hydrogen-bond acceptors (Lipinski definition) is 1. The highest BCUT2D eigenvalue weighted by Crippen LogP contribution is 2.53. The zero-order valence-electron chi connectivity index (χ0n) is 16.3. The van der Waals surface area contributed by atoms with Gasteiger partial charge in [0.2, 0.25) is 0 Å². The van der Waals surface area contributed by atoms with Crippen LogP contribution in [0.5, 0.6) is 0 Å². The van der Waals surface area contributed by atoms with E-state index in [0.29, 0.717) is 0 Å². The number of benzene rings is 4. The van der Waals surface area contributed by atoms with Crippen molar-refractivity contribution in [1.82, 2.24) is 4.98 Å². The molecule has 0 aliphatic rings. The Kier molecular flexibility index (Phi) is 5.21. The van der Waals surface area contributed by atoms with Gasteiger partial charge in [-0.25, -0.2) is 4.98 Å². The highest BCUT2D eigenvalue weighted by molar-refractivity contribution is 9.10. The SMILES string of the molecule is Brc1ccc2nc([P+](c3ccccc3)(c3ccccc3)c3ccccc3)ccc2c1. The van der Waals surface area contributed by atoms with E-state index >= 15 is 0 Å². The van der Waals surface area contributed by atoms with Gasteiger partial charge in [0.25, 0.3) is 0 Å². The molecule has 0 atom stereocenters. The molecule has 0 bridgehead atoms. The molecule has 1 aromatic heterocycles. The van der Waals surface area contributed by atoms with Gasteiger partial charge in [0.15, 0.2) is 12.7 Å². The van der Waals surface area contributed by atoms with Gasteiger partial charge >= 0.3 is 0 Å². The molecule has 0 saturated heterocycles. The number of halogens is 1. The second-order valence-corrected chi connectivity index (χ2v) is 11.4. The molecule has 0 N–H and O–H groups in total. The van der Waals surface area contributed by atoms with Crippen LogP contribution in [-0.4, -0.2) is 4.98 Å². The van der Waals surface area contributed by atoms with E-state index in [4.69, 9.17) is 4.98 Å². The Bertz CT molecular complexity index is 1190. The molecule has 3 heteroatoms. The van der Waals surface area contributed by atoms with E-state index in [2.05, 4.69) is 137 Å². The quantitative estimate of drug-likeness (QED) is 0.312. The molecule has 0 aliphatic heterocycles. The molecule has 0 fully saturated rings. The summed E-state index contributed by atoms with van der Waals surface area (Å²) >= 11 is 3.58. The van der Waals surface area contributed by atoms with Gasteiger partial charge in [-0.2, -0.15) is 0 Å². The second-order valence-electron chi connectivity index (χ2n) is 7.18. The summed E-state index contributed by atoms with van der Waals surface area (Å²) in [5.74, 6) is 0. The lowest BCUT2D eigenvalue weighted by Gasteiger charge is -2.26. The molecule has 30 heavy (non-hydrogen) atoms. The van der Waals surface area contributed by atoms with Crippen LogP contribution in [0.25, 0.3) is 10.9 Å². The van der Waals surface area contributed by atoms with Crippen LogP contribution in [0, 0.1) is 0 Å². The van der Waals surface area contributed by atoms with Gasteiger partial charge in [-0.15, -0.1) is 0 Å². The highest BCUT2D eigenvalue weighted by atomic mass is 79.9. The van der Waals surface area contributed by atoms with Crippen molar-refractivity contribution in [3.05, 3.63) is 126 Å². The summed E-state index contributed by atoms with van der Waals surface area (Å²) in [6.07, 6.45) is 0. The molecule has 0 amide bonds. The molecule has 4 aromatic carbocycles. The summed E-state index contributed by atoms with van der Waals surface area (Å²) in [5, 5.41) is 5.07. The standard InChI is InChI=1S/C27H20BrNP/c28-22-17-18-26-21(20-22)16-19-27(29-26)30(23-10-4-1-5-11-23,24-12-6-2-7-13-24)25-14-8-3-9-15-25/h1-20H/q+1. The van der Waals surface area contributed by atoms with Crippen LogP contribution in [0.1, 0.15) is 0 Å². The van der Waals surface area contributed by atoms with Gasteiger partial charge in [0.05, 0.1) is 5.52 Å². The van der Waals surface area contributed by atoms with Crippen molar-refractivity contribution in [2.75, 3.05) is 0 Å². The van der Waals surface area contributed by atoms with Gasteiger partial charge in [-0.3, -0.25) is 0 Å². The van der Waals surface area contributed by atoms with Gasteiger partial charge in [0.1, 0.15) is 15.9 Å². The first-order chi connectivity index (χ1) is 14.8. The maximum atomic E-state index is 5.25. The fraction of sp³-hybridized carbons (Fsp3) is 0. The van der Waals surface area contributed by atoms with Crippen molar-refractivity contribution in [2.24, 2.45) is 0 Å². The van der Waals surface area contributed by atoms with Crippen LogP contribution in [0.4, 0.5) is 0 Å². The lowest BCUT2D eigenvalue weighted by molar-refractivity contribution is 1.47. The van der Waals surface area contributed by atoms with Crippen molar-refractivity contribution in [1.29, 1.82) is 0 Å². The number of fused-ring (bicyclic) bond motifs is 1. The zero-order valence-corrected chi connectivity index (χ0v) is 18.8. The Morgan fingerprint density at radius 2 is 1.03 bits per heavy atom. The van der Waals surface area contributed by atoms with Crippen molar-refractivity contribution in [3.8, 4) is 0 Å². The monoisotopic (exact) mass is 468 g/mol. The minimum absolute atomic E-state index is 1.02. The first-order valence-electron chi connectivity index (χ1n) is 9.91. The predicted octanol–water partition coefficient (Wildman–Crippen LogP) is 5.62. The van der Waals surface area contributed by atoms with Crippen molar-refractivity contribution < 1.29 is 0 Å². The average Bonchev–Trinajstić information content (AvgIpc) is 2.82. The Hall–Kier alpha value is -2.80. The Labute approximate surface area is 185 Å². The predicted molar refractivity (Wildman–Crippen MR) is 134 cm³/mol. The van der Waals surface area contributed by atoms with Gasteiger partial charge < -0.3 is 0 Å². The van der Waals surface area contributed by atoms with E-state index in [0.717, 1.165) is 20.8 Å². The van der Waals surface area contributed by atoms with Crippen LogP contribution in [0.3, 0.4) is 0 Å². The van der Waals surface area contributed by atoms with E-state index in [1.807, 2.05) is 0 Å². The normalized spacial score (nSPS) is 11.5. The first kappa shape index (κ1) is 19.2. The maximum absolute atomic E-state index is 5.25. The molecule has 5 aromatic rings. The first-order valence-corrected chi connectivity index (χ1v) is 12.5. The summed E-state index contributed by atoms with van der Waals surface area (Å²) in [4.78, 5) is 5.25. The summed E-state index contributed by atoms with van der Waals surface area (Å²) in [7, 11) is -2.14. The van der Waals surface area contributed by atoms with Crippen LogP contribution >= 0.6 is 23.2 Å². The van der Waals surface area contributed by atoms with E-state index in [1.165, 1.54) is 15.9 Å². The lowest BCUT2D eigenvalue weighted by Crippen LogP contribution is -2.39. The summed E-state index contributed by atoms with van der Waals surface area (Å²) in [5.41, 5.74) is 2.14. The molecule has 5 rings (SSSR count). The highest BCUT2D eigenvalue weighted by Gasteiger charge is 2.49. The Balaban J connectivity index is 1.90. The Morgan fingerprint density at radius 3 is 1.53 bits per heavy atom. The van der Waals surface area contributed by atoms with Gasteiger partial charge in [0, 0.05) is 15.9 Å². The summed E-state index contributed by atoms with van der Waals surface area (Å²) in [6, 6.07) is 43.3. The van der Waals surface area contributed by atoms with Gasteiger partial charge in [-0.1, -0.05) is 70.5 Å². The lowest BCUT2D eigenvalue weighted by atomic mass is 10.2. The average molecular weight is 469 g/mol. The number of nitrogens with zero attached hydrogens (tertiary/aromatic N) is 1. The molecule has 144 valence electrons. The van der Waals surface area contributed by atoms with E-state index in [1.54, 1.807) is 0 Å². The Morgan fingerprint density at radius 1 is 0.533 bits per heavy atom. The molecule has 0 radical (unpaired) electrons. The molecule has 0 spiro atoms. The van der Waals surface area contributed by atoms with Crippen LogP contribution in [0.2, 0.25) is 0 Å². The number of rotatable bonds is 4. The number of hydrogen-bond donors (Lipinski definition) is 0. The van der Waals surface area contributed by atoms with Crippen LogP contribution < -0.4 is 21.3 Å². The molecule has 0 saturated carbocycles. The van der Waals surface area contributed by atoms with Gasteiger partial charge in [-0.05, 0) is 60.7 Å². The minimum Gasteiger partial charge on any atom is -0.213 e. The van der Waals surface area contributed by atoms with Crippen LogP contribution in [-0.2, 0) is 0 Å². The van der Waals surface area contributed by atoms with E-state index in [-0.39, 0.29) is 0 Å². The van der Waals surface area contributed by atoms with Crippen molar-refractivity contribution in [3.63, 3.8) is 0 Å². The molecule has 0 aliphatic carbocycles. The molecule has 1 nitrogen and oxygen atoms in total. The molecular formula is C27H20BrNP+. The molecule has 0 unspecified atom stereocenters. The van der Waals surface area contributed by atoms with E-state index < -0.39 is 7.26 Å². The fourth-order valence-corrected chi connectivity index (χ4v) is 8.55. The third kappa shape index (κ3) is 3.27.